The maximum absolute atomic E-state index is 6.20. The normalized spacial score (nSPS) is 16.1. The Morgan fingerprint density at radius 3 is 1.83 bits per heavy atom. The third-order valence-electron chi connectivity index (χ3n) is 9.59. The van der Waals surface area contributed by atoms with E-state index in [4.69, 9.17) is 44.8 Å². The minimum atomic E-state index is 0.341. The van der Waals surface area contributed by atoms with Crippen LogP contribution in [0.3, 0.4) is 0 Å². The molecule has 0 unspecified atom stereocenters. The van der Waals surface area contributed by atoms with Crippen LogP contribution in [0.5, 0.6) is 0 Å². The molecule has 1 N–H and O–H groups in total. The number of benzene rings is 2. The number of rotatable bonds is 1. The van der Waals surface area contributed by atoms with Crippen molar-refractivity contribution >= 4 is 96.3 Å². The smallest absolute Gasteiger partial charge is 0.183 e. The zero-order chi connectivity index (χ0) is 36.5. The first-order valence-corrected chi connectivity index (χ1v) is 18.9. The predicted octanol–water partition coefficient (Wildman–Crippen LogP) is 6.88. The highest BCUT2D eigenvalue weighted by atomic mass is 35.5. The van der Waals surface area contributed by atoms with Gasteiger partial charge < -0.3 is 20.0 Å². The van der Waals surface area contributed by atoms with Crippen LogP contribution in [0, 0.1) is 0 Å². The fraction of sp³-hybridized carbons (Fsp3) is 0.316. The molecule has 272 valence electrons. The van der Waals surface area contributed by atoms with E-state index in [1.165, 1.54) is 26.1 Å². The number of imidazole rings is 2. The minimum Gasteiger partial charge on any atom is -0.352 e. The van der Waals surface area contributed by atoms with E-state index >= 15 is 0 Å². The first-order valence-electron chi connectivity index (χ1n) is 17.8. The second kappa shape index (κ2) is 15.5. The van der Waals surface area contributed by atoms with Crippen molar-refractivity contribution in [3.05, 3.63) is 88.3 Å². The molecule has 0 saturated carbocycles. The van der Waals surface area contributed by atoms with Crippen molar-refractivity contribution in [1.82, 2.24) is 53.8 Å². The Kier molecular flexibility index (Phi) is 10.4. The van der Waals surface area contributed by atoms with Gasteiger partial charge in [0.2, 0.25) is 0 Å². The van der Waals surface area contributed by atoms with E-state index in [1.54, 1.807) is 18.5 Å². The maximum atomic E-state index is 6.20. The molecule has 0 bridgehead atoms. The first kappa shape index (κ1) is 35.6. The standard InChI is InChI=1S/C19H19ClN6.C13H6Cl2N4.C6H14N2/c1-24-7-4-8-25(10-9-24)18-19-22-14-5-2-3-6-16(14)26(19)17-15(23-18)11-13(20)12-21-17;14-7-5-9-12(16-6-7)19-10-4-2-1-3-8(10)18-13(19)11(15)17-9;1-8-5-2-3-7-4-6-8/h2-3,5-6,11-12H,4,7-10H2,1H3;1-6H;7H,2-6H2,1H3. The molecule has 53 heavy (non-hydrogen) atoms. The molecule has 2 saturated heterocycles. The van der Waals surface area contributed by atoms with Crippen LogP contribution < -0.4 is 10.2 Å². The molecule has 0 aliphatic carbocycles. The van der Waals surface area contributed by atoms with Gasteiger partial charge in [-0.15, -0.1) is 0 Å². The predicted molar refractivity (Wildman–Crippen MR) is 216 cm³/mol. The summed E-state index contributed by atoms with van der Waals surface area (Å²) >= 11 is 18.3. The Labute approximate surface area is 321 Å². The number of para-hydroxylation sites is 4. The Bertz CT molecular complexity index is 2560. The summed E-state index contributed by atoms with van der Waals surface area (Å²) in [5.74, 6) is 0.910. The van der Waals surface area contributed by atoms with Crippen molar-refractivity contribution < 1.29 is 0 Å². The van der Waals surface area contributed by atoms with Gasteiger partial charge in [-0.2, -0.15) is 0 Å². The van der Waals surface area contributed by atoms with E-state index in [2.05, 4.69) is 64.5 Å². The van der Waals surface area contributed by atoms with Crippen molar-refractivity contribution in [3.63, 3.8) is 0 Å². The van der Waals surface area contributed by atoms with E-state index in [0.29, 0.717) is 32.0 Å². The highest BCUT2D eigenvalue weighted by Gasteiger charge is 2.21. The van der Waals surface area contributed by atoms with Gasteiger partial charge in [-0.25, -0.2) is 29.9 Å². The lowest BCUT2D eigenvalue weighted by molar-refractivity contribution is 0.358. The lowest BCUT2D eigenvalue weighted by Gasteiger charge is -2.22. The Morgan fingerprint density at radius 1 is 0.547 bits per heavy atom. The summed E-state index contributed by atoms with van der Waals surface area (Å²) in [7, 11) is 4.34. The number of pyridine rings is 2. The summed E-state index contributed by atoms with van der Waals surface area (Å²) in [5.41, 5.74) is 8.17. The van der Waals surface area contributed by atoms with Crippen molar-refractivity contribution in [3.8, 4) is 0 Å². The van der Waals surface area contributed by atoms with E-state index in [0.717, 1.165) is 83.8 Å². The molecule has 8 aromatic rings. The number of hydrogen-bond acceptors (Lipinski definition) is 10. The molecule has 12 nitrogen and oxygen atoms in total. The zero-order valence-corrected chi connectivity index (χ0v) is 31.8. The lowest BCUT2D eigenvalue weighted by atomic mass is 10.3. The molecule has 15 heteroatoms. The van der Waals surface area contributed by atoms with Gasteiger partial charge >= 0.3 is 0 Å². The molecule has 2 aliphatic rings. The van der Waals surface area contributed by atoms with E-state index < -0.39 is 0 Å². The van der Waals surface area contributed by atoms with Gasteiger partial charge in [-0.3, -0.25) is 8.80 Å². The molecule has 10 rings (SSSR count). The average Bonchev–Trinajstić information content (AvgIpc) is 3.55. The van der Waals surface area contributed by atoms with Gasteiger partial charge in [0.15, 0.2) is 33.6 Å². The average molecular weight is 770 g/mol. The lowest BCUT2D eigenvalue weighted by Crippen LogP contribution is -2.30. The van der Waals surface area contributed by atoms with Crippen LogP contribution in [0.1, 0.15) is 12.8 Å². The summed E-state index contributed by atoms with van der Waals surface area (Å²) in [5, 5.41) is 4.80. The van der Waals surface area contributed by atoms with Gasteiger partial charge in [-0.05, 0) is 83.0 Å². The summed E-state index contributed by atoms with van der Waals surface area (Å²) in [6.45, 7) is 8.84. The second-order valence-electron chi connectivity index (χ2n) is 13.4. The highest BCUT2D eigenvalue weighted by Crippen LogP contribution is 2.30. The van der Waals surface area contributed by atoms with Crippen LogP contribution in [0.15, 0.2) is 73.1 Å². The van der Waals surface area contributed by atoms with Crippen LogP contribution in [-0.4, -0.2) is 115 Å². The maximum Gasteiger partial charge on any atom is 0.183 e. The highest BCUT2D eigenvalue weighted by molar-refractivity contribution is 6.33. The molecule has 2 fully saturated rings. The van der Waals surface area contributed by atoms with E-state index in [9.17, 15) is 0 Å². The van der Waals surface area contributed by atoms with Crippen LogP contribution in [0.2, 0.25) is 15.2 Å². The van der Waals surface area contributed by atoms with Crippen LogP contribution in [-0.2, 0) is 0 Å². The molecule has 2 aromatic carbocycles. The number of nitrogens with zero attached hydrogens (tertiary/aromatic N) is 11. The van der Waals surface area contributed by atoms with Gasteiger partial charge in [0, 0.05) is 45.1 Å². The van der Waals surface area contributed by atoms with Crippen molar-refractivity contribution in [2.45, 2.75) is 12.8 Å². The molecule has 0 amide bonds. The SMILES string of the molecule is CN1CCCN(c2nc3cc(Cl)cnc3n3c2nc2ccccc23)CC1.CN1CCCNCC1.Clc1cnc2c(c1)nc(Cl)c1nc3ccccc3n12. The molecule has 0 radical (unpaired) electrons. The van der Waals surface area contributed by atoms with Gasteiger partial charge in [0.1, 0.15) is 11.0 Å². The molecule has 8 heterocycles. The summed E-state index contributed by atoms with van der Waals surface area (Å²) in [6, 6.07) is 19.6. The number of nitrogens with one attached hydrogen (secondary N) is 1. The third-order valence-corrected chi connectivity index (χ3v) is 10.3. The number of fused-ring (bicyclic) bond motifs is 10. The first-order chi connectivity index (χ1) is 25.8. The molecule has 0 spiro atoms. The van der Waals surface area contributed by atoms with Gasteiger partial charge in [0.25, 0.3) is 0 Å². The number of hydrogen-bond donors (Lipinski definition) is 1. The summed E-state index contributed by atoms with van der Waals surface area (Å²) in [6.07, 6.45) is 5.67. The second-order valence-corrected chi connectivity index (χ2v) is 14.6. The minimum absolute atomic E-state index is 0.341. The summed E-state index contributed by atoms with van der Waals surface area (Å²) < 4.78 is 4.01. The number of halogens is 3. The largest absolute Gasteiger partial charge is 0.352 e. The fourth-order valence-corrected chi connectivity index (χ4v) is 7.41. The fourth-order valence-electron chi connectivity index (χ4n) is 6.89. The quantitative estimate of drug-likeness (QED) is 0.190. The van der Waals surface area contributed by atoms with Crippen molar-refractivity contribution in [1.29, 1.82) is 0 Å². The van der Waals surface area contributed by atoms with Gasteiger partial charge in [-0.1, -0.05) is 59.1 Å². The summed E-state index contributed by atoms with van der Waals surface area (Å²) in [4.78, 5) is 34.5. The molecular weight excluding hydrogens is 731 g/mol. The van der Waals surface area contributed by atoms with Crippen LogP contribution in [0.25, 0.3) is 55.7 Å². The van der Waals surface area contributed by atoms with Crippen LogP contribution >= 0.6 is 34.8 Å². The van der Waals surface area contributed by atoms with Crippen LogP contribution in [0.4, 0.5) is 5.82 Å². The molecule has 0 atom stereocenters. The van der Waals surface area contributed by atoms with Gasteiger partial charge in [0.05, 0.1) is 32.1 Å². The molecule has 2 aliphatic heterocycles. The molecule has 6 aromatic heterocycles. The third kappa shape index (κ3) is 7.40. The van der Waals surface area contributed by atoms with E-state index in [-0.39, 0.29) is 0 Å². The number of likely N-dealkylation sites (N-methyl/N-ethyl adjacent to an activating group) is 2. The van der Waals surface area contributed by atoms with Crippen molar-refractivity contribution in [2.75, 3.05) is 71.4 Å². The number of aromatic nitrogens is 8. The Balaban J connectivity index is 0.000000129. The Morgan fingerprint density at radius 2 is 1.13 bits per heavy atom. The van der Waals surface area contributed by atoms with Crippen molar-refractivity contribution in [2.24, 2.45) is 0 Å². The number of anilines is 1. The molecular formula is C38H39Cl3N12. The zero-order valence-electron chi connectivity index (χ0n) is 29.6. The topological polar surface area (TPSA) is 108 Å². The van der Waals surface area contributed by atoms with E-state index in [1.807, 2.05) is 52.9 Å². The monoisotopic (exact) mass is 768 g/mol. The Hall–Kier alpha value is -4.43.